The number of nitrogens with zero attached hydrogens (tertiary/aromatic N) is 3. The second-order valence-electron chi connectivity index (χ2n) is 11.8. The maximum atomic E-state index is 13.9. The van der Waals surface area contributed by atoms with Gasteiger partial charge in [0.1, 0.15) is 6.04 Å². The second kappa shape index (κ2) is 19.2. The summed E-state index contributed by atoms with van der Waals surface area (Å²) in [5.74, 6) is -0.710. The Morgan fingerprint density at radius 1 is 0.800 bits per heavy atom. The van der Waals surface area contributed by atoms with Crippen LogP contribution in [-0.4, -0.2) is 71.2 Å². The summed E-state index contributed by atoms with van der Waals surface area (Å²) in [5, 5.41) is 0. The van der Waals surface area contributed by atoms with Crippen molar-refractivity contribution in [1.29, 1.82) is 0 Å². The zero-order valence-corrected chi connectivity index (χ0v) is 27.9. The molecule has 1 aromatic carbocycles. The molecule has 0 radical (unpaired) electrons. The second-order valence-corrected chi connectivity index (χ2v) is 11.8. The molecule has 0 spiro atoms. The van der Waals surface area contributed by atoms with E-state index in [0.29, 0.717) is 23.4 Å². The molecule has 2 aromatic heterocycles. The number of aryl methyl sites for hydroxylation is 2. The minimum Gasteiger partial charge on any atom is -0.467 e. The highest BCUT2D eigenvalue weighted by Gasteiger charge is 2.27. The fourth-order valence-corrected chi connectivity index (χ4v) is 5.80. The van der Waals surface area contributed by atoms with E-state index in [2.05, 4.69) is 37.8 Å². The van der Waals surface area contributed by atoms with Crippen LogP contribution in [0.5, 0.6) is 0 Å². The zero-order valence-electron chi connectivity index (χ0n) is 27.9. The number of benzene rings is 1. The van der Waals surface area contributed by atoms with Crippen LogP contribution in [0.2, 0.25) is 0 Å². The Kier molecular flexibility index (Phi) is 16.1. The molecule has 0 aliphatic carbocycles. The smallest absolute Gasteiger partial charge is 0.328 e. The lowest BCUT2D eigenvalue weighted by Crippen LogP contribution is -2.43. The molecule has 0 unspecified atom stereocenters. The van der Waals surface area contributed by atoms with Gasteiger partial charge in [-0.2, -0.15) is 0 Å². The molecule has 7 nitrogen and oxygen atoms in total. The highest BCUT2D eigenvalue weighted by molar-refractivity contribution is 6.10. The summed E-state index contributed by atoms with van der Waals surface area (Å²) >= 11 is 0. The van der Waals surface area contributed by atoms with Crippen LogP contribution >= 0.6 is 0 Å². The predicted molar refractivity (Wildman–Crippen MR) is 185 cm³/mol. The lowest BCUT2D eigenvalue weighted by Gasteiger charge is -2.26. The van der Waals surface area contributed by atoms with Gasteiger partial charge >= 0.3 is 5.97 Å². The van der Waals surface area contributed by atoms with E-state index in [9.17, 15) is 14.4 Å². The van der Waals surface area contributed by atoms with Gasteiger partial charge < -0.3 is 18.9 Å². The van der Waals surface area contributed by atoms with Crippen molar-refractivity contribution >= 4 is 23.2 Å². The number of methoxy groups -OCH3 is 1. The summed E-state index contributed by atoms with van der Waals surface area (Å²) in [6, 6.07) is 13.0. The van der Waals surface area contributed by atoms with Gasteiger partial charge in [0.2, 0.25) is 5.78 Å². The first-order chi connectivity index (χ1) is 21.3. The summed E-state index contributed by atoms with van der Waals surface area (Å²) in [6.45, 7) is 14.0. The number of hydrogen-bond acceptors (Lipinski definition) is 5. The molecule has 0 bridgehead atoms. The van der Waals surface area contributed by atoms with Crippen molar-refractivity contribution in [2.75, 3.05) is 33.3 Å². The van der Waals surface area contributed by atoms with Gasteiger partial charge in [-0.05, 0) is 101 Å². The Balaban J connectivity index is 0.00000705. The minimum absolute atomic E-state index is 0. The molecule has 0 aliphatic rings. The first kappa shape index (κ1) is 37.7. The third-order valence-corrected chi connectivity index (χ3v) is 8.54. The molecule has 45 heavy (non-hydrogen) atoms. The van der Waals surface area contributed by atoms with E-state index in [-0.39, 0.29) is 19.1 Å². The number of ether oxygens (including phenoxy) is 1. The molecule has 0 aliphatic heterocycles. The number of ketones is 1. The van der Waals surface area contributed by atoms with Gasteiger partial charge in [-0.25, -0.2) is 4.79 Å². The van der Waals surface area contributed by atoms with Gasteiger partial charge in [0.05, 0.1) is 12.8 Å². The van der Waals surface area contributed by atoms with Crippen molar-refractivity contribution in [3.8, 4) is 0 Å². The van der Waals surface area contributed by atoms with Crippen molar-refractivity contribution in [3.05, 3.63) is 76.6 Å². The molecule has 248 valence electrons. The lowest BCUT2D eigenvalue weighted by atomic mass is 10.00. The number of pyridine rings is 1. The van der Waals surface area contributed by atoms with Crippen molar-refractivity contribution in [2.45, 2.75) is 106 Å². The molecule has 0 N–H and O–H groups in total. The average Bonchev–Trinajstić information content (AvgIpc) is 3.41. The van der Waals surface area contributed by atoms with E-state index in [1.54, 1.807) is 19.2 Å². The minimum atomic E-state index is -0.693. The van der Waals surface area contributed by atoms with Crippen LogP contribution in [0.15, 0.2) is 48.7 Å². The Morgan fingerprint density at radius 3 is 2.00 bits per heavy atom. The van der Waals surface area contributed by atoms with Gasteiger partial charge in [0.15, 0.2) is 0 Å². The van der Waals surface area contributed by atoms with Gasteiger partial charge in [-0.1, -0.05) is 71.7 Å². The number of fused-ring (bicyclic) bond motifs is 1. The van der Waals surface area contributed by atoms with Gasteiger partial charge in [-0.15, -0.1) is 0 Å². The molecule has 7 heteroatoms. The Hall–Kier alpha value is -3.45. The van der Waals surface area contributed by atoms with Crippen LogP contribution in [0.25, 0.3) is 5.52 Å². The van der Waals surface area contributed by atoms with E-state index in [0.717, 1.165) is 49.7 Å². The highest BCUT2D eigenvalue weighted by atomic mass is 16.5. The number of aromatic nitrogens is 1. The molecule has 0 saturated carbocycles. The number of esters is 1. The van der Waals surface area contributed by atoms with E-state index >= 15 is 0 Å². The van der Waals surface area contributed by atoms with Crippen molar-refractivity contribution in [3.63, 3.8) is 0 Å². The lowest BCUT2D eigenvalue weighted by molar-refractivity contribution is -0.145. The fraction of sp³-hybridized carbons (Fsp3) is 0.553. The van der Waals surface area contributed by atoms with E-state index in [4.69, 9.17) is 4.74 Å². The van der Waals surface area contributed by atoms with Crippen LogP contribution < -0.4 is 0 Å². The monoisotopic (exact) mass is 619 g/mol. The first-order valence-electron chi connectivity index (χ1n) is 16.7. The first-order valence-corrected chi connectivity index (χ1v) is 16.7. The van der Waals surface area contributed by atoms with Crippen molar-refractivity contribution < 1.29 is 19.1 Å². The molecule has 2 heterocycles. The van der Waals surface area contributed by atoms with Crippen LogP contribution in [0.3, 0.4) is 0 Å². The summed E-state index contributed by atoms with van der Waals surface area (Å²) in [5.41, 5.74) is 4.82. The number of hydrogen-bond donors (Lipinski definition) is 0. The number of likely N-dealkylation sites (N-methyl/N-ethyl adjacent to an activating group) is 1. The normalized spacial score (nSPS) is 11.8. The Morgan fingerprint density at radius 2 is 1.42 bits per heavy atom. The summed E-state index contributed by atoms with van der Waals surface area (Å²) in [4.78, 5) is 43.5. The van der Waals surface area contributed by atoms with Crippen LogP contribution in [0.4, 0.5) is 0 Å². The molecule has 0 fully saturated rings. The summed E-state index contributed by atoms with van der Waals surface area (Å²) < 4.78 is 6.76. The number of carbonyl (C=O) groups is 3. The summed E-state index contributed by atoms with van der Waals surface area (Å²) in [7, 11) is 1.32. The summed E-state index contributed by atoms with van der Waals surface area (Å²) in [6.07, 6.45) is 11.6. The van der Waals surface area contributed by atoms with E-state index in [1.807, 2.05) is 35.6 Å². The van der Waals surface area contributed by atoms with E-state index in [1.165, 1.54) is 56.3 Å². The van der Waals surface area contributed by atoms with Crippen molar-refractivity contribution in [1.82, 2.24) is 14.2 Å². The predicted octanol–water partition coefficient (Wildman–Crippen LogP) is 8.01. The third kappa shape index (κ3) is 10.0. The van der Waals surface area contributed by atoms with Gasteiger partial charge in [-0.3, -0.25) is 9.59 Å². The molecule has 3 aromatic rings. The average molecular weight is 620 g/mol. The molecule has 3 rings (SSSR count). The number of rotatable bonds is 19. The Labute approximate surface area is 271 Å². The third-order valence-electron chi connectivity index (χ3n) is 8.54. The topological polar surface area (TPSA) is 71.3 Å². The standard InChI is InChI=1S/C37H53N3O4.CH4/c1-7-11-16-31-26-33-27-32(36(42)39(10-4)28(5)37(43)44-6)21-25-40(33)34(31)35(41)30-19-17-29(18-20-30)15-14-24-38(22-12-8-2)23-13-9-3;/h17-21,25-28H,7-16,22-24H2,1-6H3;1H4/t28-;/m0./s1. The van der Waals surface area contributed by atoms with Gasteiger partial charge in [0, 0.05) is 29.4 Å². The number of carbonyl (C=O) groups excluding carboxylic acids is 3. The zero-order chi connectivity index (χ0) is 32.1. The van der Waals surface area contributed by atoms with Crippen LogP contribution in [0.1, 0.15) is 125 Å². The van der Waals surface area contributed by atoms with Crippen LogP contribution in [0, 0.1) is 0 Å². The molecule has 1 atom stereocenters. The Bertz CT molecular complexity index is 1350. The molecular weight excluding hydrogens is 562 g/mol. The fourth-order valence-electron chi connectivity index (χ4n) is 5.80. The van der Waals surface area contributed by atoms with Crippen LogP contribution in [-0.2, 0) is 22.4 Å². The molecular formula is C38H57N3O4. The molecule has 0 saturated heterocycles. The maximum absolute atomic E-state index is 13.9. The van der Waals surface area contributed by atoms with Crippen molar-refractivity contribution in [2.24, 2.45) is 0 Å². The highest BCUT2D eigenvalue weighted by Crippen LogP contribution is 2.24. The SMILES string of the molecule is C.CCCCc1cc2cc(C(=O)N(CC)[C@@H](C)C(=O)OC)ccn2c1C(=O)c1ccc(CCCN(CCCC)CCCC)cc1. The maximum Gasteiger partial charge on any atom is 0.328 e. The van der Waals surface area contributed by atoms with E-state index < -0.39 is 12.0 Å². The molecule has 1 amide bonds. The van der Waals surface area contributed by atoms with Gasteiger partial charge in [0.25, 0.3) is 5.91 Å². The quantitative estimate of drug-likeness (QED) is 0.100. The number of amides is 1. The number of unbranched alkanes of at least 4 members (excludes halogenated alkanes) is 3. The largest absolute Gasteiger partial charge is 0.467 e.